The van der Waals surface area contributed by atoms with Crippen molar-refractivity contribution in [3.05, 3.63) is 76.7 Å². The number of aromatic nitrogens is 2. The molecule has 0 radical (unpaired) electrons. The smallest absolute Gasteiger partial charge is 0.341 e. The maximum absolute atomic E-state index is 12.6. The molecular weight excluding hydrogens is 320 g/mol. The number of carbonyl (C=O) groups is 1. The Morgan fingerprint density at radius 3 is 2.96 bits per heavy atom. The number of benzene rings is 1. The number of hydrogen-bond acceptors (Lipinski definition) is 5. The average molecular weight is 334 g/mol. The molecule has 6 nitrogen and oxygen atoms in total. The number of methoxy groups -OCH3 is 1. The first-order valence-electron chi connectivity index (χ1n) is 7.70. The standard InChI is InChI=1S/C19H14N2O4/c1-24-19(23)15-4-2-3-13-9-14(25-17(13)15)11-21-8-6-12-5-7-20-10-16(12)18(21)22/h2-10H,11H2,1H3. The molecule has 124 valence electrons. The summed E-state index contributed by atoms with van der Waals surface area (Å²) in [6, 6.07) is 10.7. The van der Waals surface area contributed by atoms with Crippen LogP contribution in [-0.4, -0.2) is 22.6 Å². The first-order valence-corrected chi connectivity index (χ1v) is 7.70. The molecule has 0 aliphatic rings. The minimum absolute atomic E-state index is 0.140. The molecule has 3 heterocycles. The van der Waals surface area contributed by atoms with Crippen molar-refractivity contribution in [2.24, 2.45) is 0 Å². The number of furan rings is 1. The zero-order valence-electron chi connectivity index (χ0n) is 13.4. The van der Waals surface area contributed by atoms with Gasteiger partial charge in [-0.1, -0.05) is 12.1 Å². The maximum atomic E-state index is 12.6. The maximum Gasteiger partial charge on any atom is 0.341 e. The molecular formula is C19H14N2O4. The lowest BCUT2D eigenvalue weighted by Crippen LogP contribution is -2.19. The fourth-order valence-corrected chi connectivity index (χ4v) is 2.88. The molecule has 0 N–H and O–H groups in total. The highest BCUT2D eigenvalue weighted by Crippen LogP contribution is 2.24. The third kappa shape index (κ3) is 2.57. The number of para-hydroxylation sites is 1. The van der Waals surface area contributed by atoms with E-state index < -0.39 is 5.97 Å². The van der Waals surface area contributed by atoms with Crippen molar-refractivity contribution in [1.82, 2.24) is 9.55 Å². The van der Waals surface area contributed by atoms with Gasteiger partial charge in [-0.25, -0.2) is 4.79 Å². The second kappa shape index (κ2) is 5.90. The van der Waals surface area contributed by atoms with Crippen LogP contribution in [0.25, 0.3) is 21.7 Å². The number of ether oxygens (including phenoxy) is 1. The highest BCUT2D eigenvalue weighted by atomic mass is 16.5. The fourth-order valence-electron chi connectivity index (χ4n) is 2.88. The van der Waals surface area contributed by atoms with Crippen LogP contribution in [0, 0.1) is 0 Å². The third-order valence-electron chi connectivity index (χ3n) is 4.11. The van der Waals surface area contributed by atoms with E-state index in [1.807, 2.05) is 18.2 Å². The van der Waals surface area contributed by atoms with Gasteiger partial charge in [-0.3, -0.25) is 9.78 Å². The second-order valence-electron chi connectivity index (χ2n) is 5.64. The van der Waals surface area contributed by atoms with E-state index in [1.165, 1.54) is 7.11 Å². The van der Waals surface area contributed by atoms with Crippen LogP contribution in [0.1, 0.15) is 16.1 Å². The van der Waals surface area contributed by atoms with E-state index in [-0.39, 0.29) is 12.1 Å². The summed E-state index contributed by atoms with van der Waals surface area (Å²) in [5, 5.41) is 2.18. The lowest BCUT2D eigenvalue weighted by molar-refractivity contribution is 0.0601. The zero-order valence-corrected chi connectivity index (χ0v) is 13.4. The van der Waals surface area contributed by atoms with Gasteiger partial charge in [0.1, 0.15) is 16.9 Å². The highest BCUT2D eigenvalue weighted by molar-refractivity contribution is 6.02. The summed E-state index contributed by atoms with van der Waals surface area (Å²) in [6.45, 7) is 0.263. The van der Waals surface area contributed by atoms with Crippen LogP contribution in [0.5, 0.6) is 0 Å². The molecule has 4 rings (SSSR count). The minimum atomic E-state index is -0.458. The van der Waals surface area contributed by atoms with Gasteiger partial charge in [0.15, 0.2) is 0 Å². The molecule has 0 atom stereocenters. The Balaban J connectivity index is 1.78. The van der Waals surface area contributed by atoms with Crippen LogP contribution in [0.15, 0.2) is 64.2 Å². The van der Waals surface area contributed by atoms with Crippen molar-refractivity contribution in [3.8, 4) is 0 Å². The van der Waals surface area contributed by atoms with Crippen molar-refractivity contribution in [1.29, 1.82) is 0 Å². The lowest BCUT2D eigenvalue weighted by atomic mass is 10.1. The SMILES string of the molecule is COC(=O)c1cccc2cc(Cn3ccc4ccncc4c3=O)oc12. The summed E-state index contributed by atoms with van der Waals surface area (Å²) in [7, 11) is 1.33. The fraction of sp³-hybridized carbons (Fsp3) is 0.105. The van der Waals surface area contributed by atoms with E-state index >= 15 is 0 Å². The van der Waals surface area contributed by atoms with Crippen LogP contribution in [0.4, 0.5) is 0 Å². The summed E-state index contributed by atoms with van der Waals surface area (Å²) < 4.78 is 12.2. The van der Waals surface area contributed by atoms with Gasteiger partial charge < -0.3 is 13.7 Å². The second-order valence-corrected chi connectivity index (χ2v) is 5.64. The van der Waals surface area contributed by atoms with Gasteiger partial charge in [-0.2, -0.15) is 0 Å². The van der Waals surface area contributed by atoms with Crippen molar-refractivity contribution in [3.63, 3.8) is 0 Å². The molecule has 0 saturated carbocycles. The average Bonchev–Trinajstić information content (AvgIpc) is 3.06. The third-order valence-corrected chi connectivity index (χ3v) is 4.11. The Labute approximate surface area is 142 Å². The van der Waals surface area contributed by atoms with E-state index in [2.05, 4.69) is 4.98 Å². The number of rotatable bonds is 3. The van der Waals surface area contributed by atoms with Crippen molar-refractivity contribution in [2.45, 2.75) is 6.54 Å². The van der Waals surface area contributed by atoms with Crippen molar-refractivity contribution < 1.29 is 13.9 Å². The topological polar surface area (TPSA) is 74.3 Å². The molecule has 3 aromatic heterocycles. The minimum Gasteiger partial charge on any atom is -0.465 e. The Morgan fingerprint density at radius 1 is 1.24 bits per heavy atom. The number of pyridine rings is 2. The normalized spacial score (nSPS) is 11.1. The first-order chi connectivity index (χ1) is 12.2. The van der Waals surface area contributed by atoms with E-state index in [0.29, 0.717) is 22.3 Å². The summed E-state index contributed by atoms with van der Waals surface area (Å²) in [5.74, 6) is 0.122. The molecule has 0 amide bonds. The summed E-state index contributed by atoms with van der Waals surface area (Å²) in [4.78, 5) is 28.4. The molecule has 0 bridgehead atoms. The predicted molar refractivity (Wildman–Crippen MR) is 92.7 cm³/mol. The Hall–Kier alpha value is -3.41. The van der Waals surface area contributed by atoms with E-state index in [9.17, 15) is 9.59 Å². The van der Waals surface area contributed by atoms with Gasteiger partial charge in [0.05, 0.1) is 19.0 Å². The molecule has 0 saturated heterocycles. The number of carbonyl (C=O) groups excluding carboxylic acids is 1. The van der Waals surface area contributed by atoms with Crippen LogP contribution in [-0.2, 0) is 11.3 Å². The molecule has 0 fully saturated rings. The predicted octanol–water partition coefficient (Wildman–Crippen LogP) is 2.98. The monoisotopic (exact) mass is 334 g/mol. The number of nitrogens with zero attached hydrogens (tertiary/aromatic N) is 2. The molecule has 4 aromatic rings. The van der Waals surface area contributed by atoms with Crippen LogP contribution in [0.3, 0.4) is 0 Å². The molecule has 1 aromatic carbocycles. The van der Waals surface area contributed by atoms with Crippen LogP contribution < -0.4 is 5.56 Å². The molecule has 0 spiro atoms. The van der Waals surface area contributed by atoms with E-state index in [4.69, 9.17) is 9.15 Å². The van der Waals surface area contributed by atoms with Gasteiger partial charge in [-0.15, -0.1) is 0 Å². The van der Waals surface area contributed by atoms with E-state index in [1.54, 1.807) is 41.4 Å². The molecule has 0 aliphatic heterocycles. The highest BCUT2D eigenvalue weighted by Gasteiger charge is 2.15. The summed E-state index contributed by atoms with van der Waals surface area (Å²) in [5.41, 5.74) is 0.681. The van der Waals surface area contributed by atoms with Gasteiger partial charge in [-0.05, 0) is 29.7 Å². The summed E-state index contributed by atoms with van der Waals surface area (Å²) >= 11 is 0. The van der Waals surface area contributed by atoms with Gasteiger partial charge in [0.2, 0.25) is 0 Å². The van der Waals surface area contributed by atoms with Gasteiger partial charge in [0.25, 0.3) is 5.56 Å². The molecule has 25 heavy (non-hydrogen) atoms. The molecule has 0 unspecified atom stereocenters. The van der Waals surface area contributed by atoms with Gasteiger partial charge >= 0.3 is 5.97 Å². The Bertz CT molecular complexity index is 1160. The lowest BCUT2D eigenvalue weighted by Gasteiger charge is -2.05. The quantitative estimate of drug-likeness (QED) is 0.539. The number of esters is 1. The Morgan fingerprint density at radius 2 is 2.12 bits per heavy atom. The zero-order chi connectivity index (χ0) is 17.4. The van der Waals surface area contributed by atoms with Crippen LogP contribution >= 0.6 is 0 Å². The number of fused-ring (bicyclic) bond motifs is 2. The first kappa shape index (κ1) is 15.1. The summed E-state index contributed by atoms with van der Waals surface area (Å²) in [6.07, 6.45) is 4.93. The molecule has 0 aliphatic carbocycles. The van der Waals surface area contributed by atoms with Crippen molar-refractivity contribution in [2.75, 3.05) is 7.11 Å². The largest absolute Gasteiger partial charge is 0.465 e. The molecule has 6 heteroatoms. The Kier molecular flexibility index (Phi) is 3.57. The number of hydrogen-bond donors (Lipinski definition) is 0. The van der Waals surface area contributed by atoms with E-state index in [0.717, 1.165) is 10.8 Å². The van der Waals surface area contributed by atoms with Gasteiger partial charge in [0, 0.05) is 24.0 Å². The van der Waals surface area contributed by atoms with Crippen molar-refractivity contribution >= 4 is 27.7 Å². The van der Waals surface area contributed by atoms with Crippen LogP contribution in [0.2, 0.25) is 0 Å².